The fourth-order valence-electron chi connectivity index (χ4n) is 1.53. The number of anilines is 1. The highest BCUT2D eigenvalue weighted by Gasteiger charge is 2.11. The third-order valence-corrected chi connectivity index (χ3v) is 2.42. The Labute approximate surface area is 99.4 Å². The molecule has 1 atom stereocenters. The molecule has 92 valence electrons. The summed E-state index contributed by atoms with van der Waals surface area (Å²) in [4.78, 5) is 15.3. The van der Waals surface area contributed by atoms with Crippen molar-refractivity contribution in [2.75, 3.05) is 5.32 Å². The van der Waals surface area contributed by atoms with E-state index in [2.05, 4.69) is 41.1 Å². The Hall–Kier alpha value is -2.78. The minimum atomic E-state index is -0.324. The SMILES string of the molecule is CC(Nc1cc2n[nH]c(=O)n2cn1)c1nn[nH]n1. The van der Waals surface area contributed by atoms with E-state index in [4.69, 9.17) is 0 Å². The normalized spacial score (nSPS) is 12.7. The molecule has 3 aromatic heterocycles. The van der Waals surface area contributed by atoms with E-state index in [1.54, 1.807) is 6.07 Å². The van der Waals surface area contributed by atoms with Crippen molar-refractivity contribution in [3.63, 3.8) is 0 Å². The van der Waals surface area contributed by atoms with Gasteiger partial charge in [-0.1, -0.05) is 5.21 Å². The highest BCUT2D eigenvalue weighted by atomic mass is 16.1. The summed E-state index contributed by atoms with van der Waals surface area (Å²) >= 11 is 0. The minimum absolute atomic E-state index is 0.163. The molecule has 0 aliphatic rings. The molecule has 0 amide bonds. The monoisotopic (exact) mass is 247 g/mol. The second-order valence-electron chi connectivity index (χ2n) is 3.67. The number of fused-ring (bicyclic) bond motifs is 1. The van der Waals surface area contributed by atoms with Crippen molar-refractivity contribution in [2.45, 2.75) is 13.0 Å². The predicted molar refractivity (Wildman–Crippen MR) is 59.8 cm³/mol. The van der Waals surface area contributed by atoms with Gasteiger partial charge in [-0.15, -0.1) is 10.2 Å². The van der Waals surface area contributed by atoms with Crippen LogP contribution in [0.4, 0.5) is 5.82 Å². The maximum atomic E-state index is 11.3. The molecule has 0 spiro atoms. The molecule has 0 bridgehead atoms. The molecule has 18 heavy (non-hydrogen) atoms. The van der Waals surface area contributed by atoms with E-state index in [9.17, 15) is 4.79 Å². The van der Waals surface area contributed by atoms with Crippen LogP contribution < -0.4 is 11.0 Å². The zero-order valence-electron chi connectivity index (χ0n) is 9.32. The Morgan fingerprint density at radius 3 is 3.11 bits per heavy atom. The van der Waals surface area contributed by atoms with Crippen molar-refractivity contribution >= 4 is 11.5 Å². The van der Waals surface area contributed by atoms with Gasteiger partial charge >= 0.3 is 5.69 Å². The highest BCUT2D eigenvalue weighted by molar-refractivity contribution is 5.48. The number of aromatic nitrogens is 8. The molecule has 0 saturated heterocycles. The first-order valence-electron chi connectivity index (χ1n) is 5.17. The summed E-state index contributed by atoms with van der Waals surface area (Å²) in [6.45, 7) is 1.87. The molecule has 0 aliphatic heterocycles. The first-order chi connectivity index (χ1) is 8.74. The van der Waals surface area contributed by atoms with Gasteiger partial charge in [0.25, 0.3) is 0 Å². The Kier molecular flexibility index (Phi) is 2.25. The molecule has 1 unspecified atom stereocenters. The molecule has 10 heteroatoms. The van der Waals surface area contributed by atoms with Gasteiger partial charge in [-0.3, -0.25) is 0 Å². The number of H-pyrrole nitrogens is 2. The third kappa shape index (κ3) is 1.69. The van der Waals surface area contributed by atoms with Crippen LogP contribution in [0.15, 0.2) is 17.2 Å². The van der Waals surface area contributed by atoms with Crippen LogP contribution in [0.1, 0.15) is 18.8 Å². The fourth-order valence-corrected chi connectivity index (χ4v) is 1.53. The van der Waals surface area contributed by atoms with Crippen LogP contribution in [0, 0.1) is 0 Å². The van der Waals surface area contributed by atoms with E-state index in [-0.39, 0.29) is 11.7 Å². The van der Waals surface area contributed by atoms with Crippen LogP contribution in [0.5, 0.6) is 0 Å². The van der Waals surface area contributed by atoms with E-state index in [0.29, 0.717) is 17.3 Å². The lowest BCUT2D eigenvalue weighted by atomic mass is 10.3. The molecule has 0 fully saturated rings. The van der Waals surface area contributed by atoms with Crippen molar-refractivity contribution in [3.05, 3.63) is 28.7 Å². The van der Waals surface area contributed by atoms with Gasteiger partial charge < -0.3 is 5.32 Å². The predicted octanol–water partition coefficient (Wildman–Crippen LogP) is -0.896. The van der Waals surface area contributed by atoms with Crippen molar-refractivity contribution in [1.82, 2.24) is 40.2 Å². The maximum Gasteiger partial charge on any atom is 0.348 e. The number of hydrogen-bond donors (Lipinski definition) is 3. The van der Waals surface area contributed by atoms with Gasteiger partial charge in [0.05, 0.1) is 6.04 Å². The molecule has 3 rings (SSSR count). The van der Waals surface area contributed by atoms with Crippen LogP contribution in [0.2, 0.25) is 0 Å². The Bertz CT molecular complexity index is 712. The number of rotatable bonds is 3. The van der Waals surface area contributed by atoms with Gasteiger partial charge in [0.1, 0.15) is 12.1 Å². The summed E-state index contributed by atoms with van der Waals surface area (Å²) in [5.41, 5.74) is 0.160. The fraction of sp³-hybridized carbons (Fsp3) is 0.250. The zero-order valence-corrected chi connectivity index (χ0v) is 9.32. The van der Waals surface area contributed by atoms with Gasteiger partial charge in [0.15, 0.2) is 11.5 Å². The molecular weight excluding hydrogens is 238 g/mol. The third-order valence-electron chi connectivity index (χ3n) is 2.42. The summed E-state index contributed by atoms with van der Waals surface area (Å²) in [5, 5.41) is 22.8. The van der Waals surface area contributed by atoms with Crippen LogP contribution in [0.3, 0.4) is 0 Å². The van der Waals surface area contributed by atoms with Gasteiger partial charge in [0, 0.05) is 6.07 Å². The number of hydrogen-bond acceptors (Lipinski definition) is 7. The Morgan fingerprint density at radius 2 is 2.33 bits per heavy atom. The Morgan fingerprint density at radius 1 is 1.44 bits per heavy atom. The molecule has 0 saturated carbocycles. The summed E-state index contributed by atoms with van der Waals surface area (Å²) in [5.74, 6) is 1.09. The van der Waals surface area contributed by atoms with Crippen molar-refractivity contribution in [3.8, 4) is 0 Å². The second kappa shape index (κ2) is 3.91. The molecule has 0 aromatic carbocycles. The number of nitrogens with one attached hydrogen (secondary N) is 3. The molecule has 10 nitrogen and oxygen atoms in total. The number of aromatic amines is 2. The van der Waals surface area contributed by atoms with Crippen molar-refractivity contribution in [1.29, 1.82) is 0 Å². The highest BCUT2D eigenvalue weighted by Crippen LogP contribution is 2.13. The molecule has 3 heterocycles. The lowest BCUT2D eigenvalue weighted by Gasteiger charge is -2.09. The second-order valence-corrected chi connectivity index (χ2v) is 3.67. The van der Waals surface area contributed by atoms with E-state index in [1.165, 1.54) is 10.7 Å². The lowest BCUT2D eigenvalue weighted by molar-refractivity contribution is 0.786. The van der Waals surface area contributed by atoms with Crippen LogP contribution >= 0.6 is 0 Å². The number of nitrogens with zero attached hydrogens (tertiary/aromatic N) is 6. The van der Waals surface area contributed by atoms with Gasteiger partial charge in [0.2, 0.25) is 0 Å². The largest absolute Gasteiger partial charge is 0.360 e. The molecular formula is C8H9N9O. The lowest BCUT2D eigenvalue weighted by Crippen LogP contribution is -2.12. The van der Waals surface area contributed by atoms with Gasteiger partial charge in [-0.05, 0) is 6.92 Å². The summed E-state index contributed by atoms with van der Waals surface area (Å²) < 4.78 is 1.31. The standard InChI is InChI=1S/C8H9N9O/c1-4(7-12-15-16-13-7)10-5-2-6-11-14-8(18)17(6)3-9-5/h2-4,10H,1H3,(H,14,18)(H,12,13,15,16). The minimum Gasteiger partial charge on any atom is -0.360 e. The van der Waals surface area contributed by atoms with E-state index >= 15 is 0 Å². The average molecular weight is 247 g/mol. The summed E-state index contributed by atoms with van der Waals surface area (Å²) in [7, 11) is 0. The molecule has 3 N–H and O–H groups in total. The van der Waals surface area contributed by atoms with Crippen molar-refractivity contribution in [2.24, 2.45) is 0 Å². The molecule has 3 aromatic rings. The summed E-state index contributed by atoms with van der Waals surface area (Å²) in [6, 6.07) is 1.48. The summed E-state index contributed by atoms with van der Waals surface area (Å²) in [6.07, 6.45) is 1.40. The first-order valence-corrected chi connectivity index (χ1v) is 5.17. The van der Waals surface area contributed by atoms with Gasteiger partial charge in [-0.25, -0.2) is 19.3 Å². The smallest absolute Gasteiger partial charge is 0.348 e. The first kappa shape index (κ1) is 10.4. The van der Waals surface area contributed by atoms with Crippen molar-refractivity contribution < 1.29 is 0 Å². The quantitative estimate of drug-likeness (QED) is 0.547. The Balaban J connectivity index is 1.89. The van der Waals surface area contributed by atoms with Crippen LogP contribution in [-0.4, -0.2) is 40.2 Å². The zero-order chi connectivity index (χ0) is 12.5. The van der Waals surface area contributed by atoms with E-state index < -0.39 is 0 Å². The number of tetrazole rings is 1. The van der Waals surface area contributed by atoms with E-state index in [0.717, 1.165) is 0 Å². The topological polar surface area (TPSA) is 130 Å². The average Bonchev–Trinajstić information content (AvgIpc) is 2.99. The maximum absolute atomic E-state index is 11.3. The van der Waals surface area contributed by atoms with Gasteiger partial charge in [-0.2, -0.15) is 10.3 Å². The van der Waals surface area contributed by atoms with E-state index in [1.807, 2.05) is 6.92 Å². The van der Waals surface area contributed by atoms with Crippen LogP contribution in [-0.2, 0) is 0 Å². The molecule has 0 aliphatic carbocycles. The van der Waals surface area contributed by atoms with Crippen LogP contribution in [0.25, 0.3) is 5.65 Å². The molecule has 0 radical (unpaired) electrons.